The van der Waals surface area contributed by atoms with Crippen LogP contribution >= 0.6 is 0 Å². The molecule has 0 N–H and O–H groups in total. The summed E-state index contributed by atoms with van der Waals surface area (Å²) in [5.41, 5.74) is 0. The summed E-state index contributed by atoms with van der Waals surface area (Å²) in [6.45, 7) is 6.97. The summed E-state index contributed by atoms with van der Waals surface area (Å²) in [5, 5.41) is 0. The van der Waals surface area contributed by atoms with E-state index in [-0.39, 0.29) is 0 Å². The quantitative estimate of drug-likeness (QED) is 0.841. The van der Waals surface area contributed by atoms with Gasteiger partial charge in [-0.1, -0.05) is 6.92 Å². The minimum atomic E-state index is 0.611. The maximum absolute atomic E-state index is 6.03. The van der Waals surface area contributed by atoms with Gasteiger partial charge in [0.2, 0.25) is 11.8 Å². The van der Waals surface area contributed by atoms with Crippen LogP contribution in [0.4, 0.5) is 5.95 Å². The molecule has 0 bridgehead atoms. The molecular weight excluding hydrogens is 304 g/mol. The third-order valence-corrected chi connectivity index (χ3v) is 5.02. The molecular formula is C18H24N4O2. The predicted molar refractivity (Wildman–Crippen MR) is 91.3 cm³/mol. The lowest BCUT2D eigenvalue weighted by Gasteiger charge is -2.34. The van der Waals surface area contributed by atoms with Gasteiger partial charge in [0.15, 0.2) is 0 Å². The van der Waals surface area contributed by atoms with Crippen molar-refractivity contribution in [3.63, 3.8) is 0 Å². The second kappa shape index (κ2) is 6.43. The van der Waals surface area contributed by atoms with Crippen molar-refractivity contribution in [3.05, 3.63) is 35.9 Å². The van der Waals surface area contributed by atoms with Crippen LogP contribution < -0.4 is 9.64 Å². The van der Waals surface area contributed by atoms with E-state index in [1.54, 1.807) is 19.4 Å². The molecule has 6 heteroatoms. The summed E-state index contributed by atoms with van der Waals surface area (Å²) >= 11 is 0. The molecule has 2 aliphatic rings. The Balaban J connectivity index is 1.32. The molecule has 24 heavy (non-hydrogen) atoms. The molecule has 1 aliphatic carbocycles. The molecule has 0 aromatic carbocycles. The molecule has 128 valence electrons. The van der Waals surface area contributed by atoms with Crippen LogP contribution in [0.5, 0.6) is 5.88 Å². The van der Waals surface area contributed by atoms with Crippen molar-refractivity contribution in [1.29, 1.82) is 0 Å². The van der Waals surface area contributed by atoms with Gasteiger partial charge in [-0.25, -0.2) is 4.98 Å². The van der Waals surface area contributed by atoms with Gasteiger partial charge in [-0.2, -0.15) is 4.98 Å². The number of furan rings is 1. The molecule has 3 heterocycles. The molecule has 0 spiro atoms. The normalized spacial score (nSPS) is 24.2. The van der Waals surface area contributed by atoms with Gasteiger partial charge >= 0.3 is 0 Å². The number of methoxy groups -OCH3 is 1. The highest BCUT2D eigenvalue weighted by Crippen LogP contribution is 2.47. The molecule has 1 saturated heterocycles. The second-order valence-electron chi connectivity index (χ2n) is 6.79. The lowest BCUT2D eigenvalue weighted by molar-refractivity contribution is 0.227. The molecule has 4 rings (SSSR count). The summed E-state index contributed by atoms with van der Waals surface area (Å²) < 4.78 is 11.2. The number of aromatic nitrogens is 2. The van der Waals surface area contributed by atoms with E-state index in [0.29, 0.717) is 11.8 Å². The van der Waals surface area contributed by atoms with Crippen molar-refractivity contribution in [2.75, 3.05) is 38.2 Å². The standard InChI is InChI=1S/C18H24N4O2/c1-13-11-15(13)16-4-3-14(24-16)12-21-7-9-22(10-8-21)18-19-6-5-17(20-18)23-2/h3-6,13,15H,7-12H2,1-2H3. The molecule has 2 fully saturated rings. The van der Waals surface area contributed by atoms with Crippen LogP contribution in [0, 0.1) is 5.92 Å². The number of rotatable bonds is 5. The summed E-state index contributed by atoms with van der Waals surface area (Å²) in [6, 6.07) is 6.07. The molecule has 1 saturated carbocycles. The number of hydrogen-bond donors (Lipinski definition) is 0. The van der Waals surface area contributed by atoms with E-state index in [2.05, 4.69) is 38.8 Å². The molecule has 2 aromatic heterocycles. The van der Waals surface area contributed by atoms with Crippen molar-refractivity contribution >= 4 is 5.95 Å². The maximum Gasteiger partial charge on any atom is 0.228 e. The van der Waals surface area contributed by atoms with Crippen LogP contribution in [-0.2, 0) is 6.54 Å². The van der Waals surface area contributed by atoms with Crippen LogP contribution in [0.3, 0.4) is 0 Å². The Hall–Kier alpha value is -2.08. The van der Waals surface area contributed by atoms with E-state index in [0.717, 1.165) is 50.4 Å². The highest BCUT2D eigenvalue weighted by atomic mass is 16.5. The Bertz CT molecular complexity index is 694. The first-order valence-corrected chi connectivity index (χ1v) is 8.66. The number of nitrogens with zero attached hydrogens (tertiary/aromatic N) is 4. The van der Waals surface area contributed by atoms with Crippen molar-refractivity contribution in [1.82, 2.24) is 14.9 Å². The van der Waals surface area contributed by atoms with E-state index in [1.165, 1.54) is 12.2 Å². The topological polar surface area (TPSA) is 54.6 Å². The van der Waals surface area contributed by atoms with Gasteiger partial charge in [0.25, 0.3) is 0 Å². The van der Waals surface area contributed by atoms with Crippen LogP contribution in [0.25, 0.3) is 0 Å². The van der Waals surface area contributed by atoms with E-state index >= 15 is 0 Å². The fourth-order valence-electron chi connectivity index (χ4n) is 3.32. The Morgan fingerprint density at radius 1 is 1.21 bits per heavy atom. The van der Waals surface area contributed by atoms with Crippen LogP contribution in [0.15, 0.2) is 28.8 Å². The van der Waals surface area contributed by atoms with E-state index in [4.69, 9.17) is 9.15 Å². The Labute approximate surface area is 142 Å². The third-order valence-electron chi connectivity index (χ3n) is 5.02. The molecule has 2 aromatic rings. The fourth-order valence-corrected chi connectivity index (χ4v) is 3.32. The summed E-state index contributed by atoms with van der Waals surface area (Å²) in [6.07, 6.45) is 3.02. The first-order chi connectivity index (χ1) is 11.7. The van der Waals surface area contributed by atoms with Crippen molar-refractivity contribution in [3.8, 4) is 5.88 Å². The summed E-state index contributed by atoms with van der Waals surface area (Å²) in [4.78, 5) is 13.4. The van der Waals surface area contributed by atoms with Crippen LogP contribution in [0.2, 0.25) is 0 Å². The van der Waals surface area contributed by atoms with Crippen molar-refractivity contribution in [2.45, 2.75) is 25.8 Å². The maximum atomic E-state index is 6.03. The first kappa shape index (κ1) is 15.4. The first-order valence-electron chi connectivity index (χ1n) is 8.66. The lowest BCUT2D eigenvalue weighted by Crippen LogP contribution is -2.46. The third kappa shape index (κ3) is 3.24. The smallest absolute Gasteiger partial charge is 0.228 e. The molecule has 2 atom stereocenters. The van der Waals surface area contributed by atoms with E-state index in [1.807, 2.05) is 0 Å². The van der Waals surface area contributed by atoms with Crippen molar-refractivity contribution in [2.24, 2.45) is 5.92 Å². The lowest BCUT2D eigenvalue weighted by atomic mass is 10.2. The van der Waals surface area contributed by atoms with E-state index < -0.39 is 0 Å². The number of hydrogen-bond acceptors (Lipinski definition) is 6. The Kier molecular flexibility index (Phi) is 4.14. The Morgan fingerprint density at radius 3 is 2.71 bits per heavy atom. The highest BCUT2D eigenvalue weighted by Gasteiger charge is 2.36. The molecule has 0 radical (unpaired) electrons. The fraction of sp³-hybridized carbons (Fsp3) is 0.556. The van der Waals surface area contributed by atoms with Gasteiger partial charge in [0.05, 0.1) is 13.7 Å². The van der Waals surface area contributed by atoms with Gasteiger partial charge < -0.3 is 14.1 Å². The van der Waals surface area contributed by atoms with E-state index in [9.17, 15) is 0 Å². The zero-order chi connectivity index (χ0) is 16.5. The molecule has 2 unspecified atom stereocenters. The summed E-state index contributed by atoms with van der Waals surface area (Å²) in [5.74, 6) is 5.05. The van der Waals surface area contributed by atoms with Crippen molar-refractivity contribution < 1.29 is 9.15 Å². The SMILES string of the molecule is COc1ccnc(N2CCN(Cc3ccc(C4CC4C)o3)CC2)n1. The molecule has 1 aliphatic heterocycles. The average Bonchev–Trinajstić information content (AvgIpc) is 3.17. The predicted octanol–water partition coefficient (Wildman–Crippen LogP) is 2.52. The molecule has 0 amide bonds. The summed E-state index contributed by atoms with van der Waals surface area (Å²) in [7, 11) is 1.63. The minimum Gasteiger partial charge on any atom is -0.481 e. The number of anilines is 1. The zero-order valence-corrected chi connectivity index (χ0v) is 14.3. The van der Waals surface area contributed by atoms with Gasteiger partial charge in [-0.05, 0) is 24.5 Å². The number of ether oxygens (including phenoxy) is 1. The van der Waals surface area contributed by atoms with Gasteiger partial charge in [-0.3, -0.25) is 4.90 Å². The largest absolute Gasteiger partial charge is 0.481 e. The van der Waals surface area contributed by atoms with Gasteiger partial charge in [0.1, 0.15) is 11.5 Å². The minimum absolute atomic E-state index is 0.611. The van der Waals surface area contributed by atoms with Crippen LogP contribution in [0.1, 0.15) is 30.8 Å². The monoisotopic (exact) mass is 328 g/mol. The second-order valence-corrected chi connectivity index (χ2v) is 6.79. The molecule has 6 nitrogen and oxygen atoms in total. The van der Waals surface area contributed by atoms with Gasteiger partial charge in [0, 0.05) is 44.4 Å². The highest BCUT2D eigenvalue weighted by molar-refractivity contribution is 5.32. The Morgan fingerprint density at radius 2 is 2.00 bits per heavy atom. The number of piperazine rings is 1. The zero-order valence-electron chi connectivity index (χ0n) is 14.3. The van der Waals surface area contributed by atoms with Crippen LogP contribution in [-0.4, -0.2) is 48.2 Å². The average molecular weight is 328 g/mol. The van der Waals surface area contributed by atoms with Gasteiger partial charge in [-0.15, -0.1) is 0 Å².